The first-order chi connectivity index (χ1) is 11.4. The number of non-ortho nitro benzene ring substituents is 1. The average Bonchev–Trinajstić information content (AvgIpc) is 3.14. The van der Waals surface area contributed by atoms with Crippen LogP contribution in [0.1, 0.15) is 45.5 Å². The van der Waals surface area contributed by atoms with E-state index in [0.717, 1.165) is 12.8 Å². The van der Waals surface area contributed by atoms with E-state index < -0.39 is 4.92 Å². The maximum Gasteiger partial charge on any atom is 0.270 e. The Morgan fingerprint density at radius 3 is 2.67 bits per heavy atom. The number of nitro groups is 1. The Hall–Kier alpha value is -2.48. The molecule has 0 spiro atoms. The fourth-order valence-electron chi connectivity index (χ4n) is 3.47. The summed E-state index contributed by atoms with van der Waals surface area (Å²) in [6.07, 6.45) is 2.29. The molecule has 1 aliphatic rings. The summed E-state index contributed by atoms with van der Waals surface area (Å²) in [6.45, 7) is 6.41. The smallest absolute Gasteiger partial charge is 0.270 e. The molecule has 24 heavy (non-hydrogen) atoms. The fraction of sp³-hybridized carbons (Fsp3) is 0.500. The third-order valence-electron chi connectivity index (χ3n) is 4.76. The van der Waals surface area contributed by atoms with Crippen molar-refractivity contribution in [2.24, 2.45) is 0 Å². The molecule has 8 heteroatoms. The van der Waals surface area contributed by atoms with Crippen LogP contribution in [0.3, 0.4) is 0 Å². The number of aromatic nitrogens is 2. The molecule has 1 saturated heterocycles. The molecule has 3 rings (SSSR count). The van der Waals surface area contributed by atoms with Gasteiger partial charge in [-0.25, -0.2) is 0 Å². The molecule has 1 fully saturated rings. The summed E-state index contributed by atoms with van der Waals surface area (Å²) in [5.41, 5.74) is 6.65. The highest BCUT2D eigenvalue weighted by atomic mass is 16.6. The van der Waals surface area contributed by atoms with Crippen LogP contribution < -0.4 is 5.73 Å². The summed E-state index contributed by atoms with van der Waals surface area (Å²) in [6, 6.07) is 5.10. The van der Waals surface area contributed by atoms with Crippen LogP contribution in [0, 0.1) is 10.1 Å². The molecule has 8 nitrogen and oxygen atoms in total. The van der Waals surface area contributed by atoms with Crippen molar-refractivity contribution in [3.63, 3.8) is 0 Å². The van der Waals surface area contributed by atoms with Gasteiger partial charge in [-0.3, -0.25) is 15.0 Å². The highest BCUT2D eigenvalue weighted by Crippen LogP contribution is 2.34. The van der Waals surface area contributed by atoms with E-state index in [1.54, 1.807) is 0 Å². The zero-order chi connectivity index (χ0) is 17.4. The lowest BCUT2D eigenvalue weighted by atomic mass is 10.1. The summed E-state index contributed by atoms with van der Waals surface area (Å²) in [7, 11) is 0. The molecule has 0 radical (unpaired) electrons. The lowest BCUT2D eigenvalue weighted by Crippen LogP contribution is -2.35. The van der Waals surface area contributed by atoms with Crippen LogP contribution in [0.5, 0.6) is 0 Å². The van der Waals surface area contributed by atoms with Gasteiger partial charge in [-0.1, -0.05) is 5.16 Å². The number of nitrogens with two attached hydrogens (primary N) is 1. The molecule has 0 aliphatic carbocycles. The van der Waals surface area contributed by atoms with Gasteiger partial charge in [0.1, 0.15) is 0 Å². The van der Waals surface area contributed by atoms with E-state index in [1.807, 2.05) is 6.92 Å². The molecule has 1 aromatic heterocycles. The van der Waals surface area contributed by atoms with E-state index in [-0.39, 0.29) is 17.6 Å². The van der Waals surface area contributed by atoms with E-state index in [0.29, 0.717) is 29.2 Å². The molecular formula is C16H21N5O3. The first-order valence-corrected chi connectivity index (χ1v) is 8.03. The third kappa shape index (κ3) is 2.84. The molecule has 128 valence electrons. The highest BCUT2D eigenvalue weighted by Gasteiger charge is 2.34. The van der Waals surface area contributed by atoms with Crippen molar-refractivity contribution in [1.82, 2.24) is 15.0 Å². The number of nitrogens with zero attached hydrogens (tertiary/aromatic N) is 4. The van der Waals surface area contributed by atoms with Gasteiger partial charge in [0.25, 0.3) is 5.69 Å². The molecule has 3 unspecified atom stereocenters. The Balaban J connectivity index is 1.91. The van der Waals surface area contributed by atoms with Crippen LogP contribution in [0.15, 0.2) is 22.7 Å². The molecule has 1 aliphatic heterocycles. The van der Waals surface area contributed by atoms with E-state index in [9.17, 15) is 10.1 Å². The Bertz CT molecular complexity index is 750. The Labute approximate surface area is 139 Å². The molecule has 0 bridgehead atoms. The minimum atomic E-state index is -0.472. The van der Waals surface area contributed by atoms with Gasteiger partial charge in [0.15, 0.2) is 0 Å². The van der Waals surface area contributed by atoms with E-state index >= 15 is 0 Å². The summed E-state index contributed by atoms with van der Waals surface area (Å²) in [4.78, 5) is 17.3. The van der Waals surface area contributed by atoms with Crippen molar-refractivity contribution < 1.29 is 9.45 Å². The number of nitrogen functional groups attached to an aromatic ring is 1. The van der Waals surface area contributed by atoms with E-state index in [2.05, 4.69) is 28.9 Å². The van der Waals surface area contributed by atoms with Gasteiger partial charge in [-0.15, -0.1) is 0 Å². The second-order valence-electron chi connectivity index (χ2n) is 6.38. The highest BCUT2D eigenvalue weighted by molar-refractivity contribution is 5.73. The zero-order valence-electron chi connectivity index (χ0n) is 14.0. The SMILES string of the molecule is CC1CCC(C)N1C(C)c1nc(-c2cc([N+](=O)[O-])ccc2N)no1. The summed E-state index contributed by atoms with van der Waals surface area (Å²) >= 11 is 0. The monoisotopic (exact) mass is 331 g/mol. The molecule has 2 heterocycles. The normalized spacial score (nSPS) is 22.6. The predicted octanol–water partition coefficient (Wildman–Crippen LogP) is 3.16. The van der Waals surface area contributed by atoms with Crippen molar-refractivity contribution in [2.45, 2.75) is 51.7 Å². The molecular weight excluding hydrogens is 310 g/mol. The first kappa shape index (κ1) is 16.4. The quantitative estimate of drug-likeness (QED) is 0.520. The number of nitro benzene ring substituents is 1. The molecule has 3 atom stereocenters. The Morgan fingerprint density at radius 2 is 2.04 bits per heavy atom. The van der Waals surface area contributed by atoms with Crippen molar-refractivity contribution in [3.8, 4) is 11.4 Å². The van der Waals surface area contributed by atoms with Crippen LogP contribution in [-0.4, -0.2) is 32.0 Å². The van der Waals surface area contributed by atoms with E-state index in [1.165, 1.54) is 18.2 Å². The Kier molecular flexibility index (Phi) is 4.23. The number of rotatable bonds is 4. The lowest BCUT2D eigenvalue weighted by Gasteiger charge is -2.30. The second-order valence-corrected chi connectivity index (χ2v) is 6.38. The second kappa shape index (κ2) is 6.20. The molecule has 2 N–H and O–H groups in total. The van der Waals surface area contributed by atoms with Crippen molar-refractivity contribution >= 4 is 11.4 Å². The number of likely N-dealkylation sites (tertiary alicyclic amines) is 1. The number of benzene rings is 1. The van der Waals surface area contributed by atoms with Gasteiger partial charge in [0, 0.05) is 29.9 Å². The minimum Gasteiger partial charge on any atom is -0.398 e. The van der Waals surface area contributed by atoms with Crippen molar-refractivity contribution in [3.05, 3.63) is 34.2 Å². The number of hydrogen-bond donors (Lipinski definition) is 1. The van der Waals surface area contributed by atoms with Gasteiger partial charge in [-0.05, 0) is 39.7 Å². The van der Waals surface area contributed by atoms with E-state index in [4.69, 9.17) is 10.3 Å². The van der Waals surface area contributed by atoms with Gasteiger partial charge >= 0.3 is 0 Å². The lowest BCUT2D eigenvalue weighted by molar-refractivity contribution is -0.384. The minimum absolute atomic E-state index is 0.0151. The zero-order valence-corrected chi connectivity index (χ0v) is 14.0. The maximum absolute atomic E-state index is 10.9. The van der Waals surface area contributed by atoms with Gasteiger partial charge in [-0.2, -0.15) is 4.98 Å². The summed E-state index contributed by atoms with van der Waals surface area (Å²) in [5, 5.41) is 14.9. The molecule has 2 aromatic rings. The van der Waals surface area contributed by atoms with Gasteiger partial charge in [0.2, 0.25) is 11.7 Å². The molecule has 0 amide bonds. The number of hydrogen-bond acceptors (Lipinski definition) is 7. The van der Waals surface area contributed by atoms with Crippen LogP contribution >= 0.6 is 0 Å². The molecule has 0 saturated carbocycles. The third-order valence-corrected chi connectivity index (χ3v) is 4.76. The largest absolute Gasteiger partial charge is 0.398 e. The first-order valence-electron chi connectivity index (χ1n) is 8.03. The average molecular weight is 331 g/mol. The van der Waals surface area contributed by atoms with Crippen molar-refractivity contribution in [1.29, 1.82) is 0 Å². The standard InChI is InChI=1S/C16H21N5O3/c1-9-4-5-10(2)20(9)11(3)16-18-15(19-24-16)13-8-12(21(22)23)6-7-14(13)17/h6-11H,4-5,17H2,1-3H3. The van der Waals surface area contributed by atoms with Gasteiger partial charge < -0.3 is 10.3 Å². The molecule has 1 aromatic carbocycles. The van der Waals surface area contributed by atoms with Crippen LogP contribution in [-0.2, 0) is 0 Å². The topological polar surface area (TPSA) is 111 Å². The van der Waals surface area contributed by atoms with Crippen molar-refractivity contribution in [2.75, 3.05) is 5.73 Å². The summed E-state index contributed by atoms with van der Waals surface area (Å²) < 4.78 is 5.42. The predicted molar refractivity (Wildman–Crippen MR) is 89.2 cm³/mol. The van der Waals surface area contributed by atoms with Crippen LogP contribution in [0.2, 0.25) is 0 Å². The maximum atomic E-state index is 10.9. The van der Waals surface area contributed by atoms with Gasteiger partial charge in [0.05, 0.1) is 16.5 Å². The Morgan fingerprint density at radius 1 is 1.38 bits per heavy atom. The fourth-order valence-corrected chi connectivity index (χ4v) is 3.47. The summed E-state index contributed by atoms with van der Waals surface area (Å²) in [5.74, 6) is 0.772. The van der Waals surface area contributed by atoms with Crippen LogP contribution in [0.25, 0.3) is 11.4 Å². The van der Waals surface area contributed by atoms with Crippen LogP contribution in [0.4, 0.5) is 11.4 Å². The number of anilines is 1.